The summed E-state index contributed by atoms with van der Waals surface area (Å²) in [6, 6.07) is 10.9. The molecule has 4 aromatic rings. The normalized spacial score (nSPS) is 10.7. The summed E-state index contributed by atoms with van der Waals surface area (Å²) in [7, 11) is 0. The standard InChI is InChI=1S/C18H16N6O3/c1-2-26-13-4-3-12-9-15(20-14(12)10-13)17(25)22-23-18-21-16(24-27-18)11-5-7-19-8-6-11/h3-10,20H,2H2,1H3,(H,22,25)(H,21,23,24). The number of nitrogens with zero attached hydrogens (tertiary/aromatic N) is 3. The third-order valence-electron chi connectivity index (χ3n) is 3.80. The summed E-state index contributed by atoms with van der Waals surface area (Å²) < 4.78 is 10.5. The number of hydrazine groups is 1. The van der Waals surface area contributed by atoms with Crippen molar-refractivity contribution in [1.29, 1.82) is 0 Å². The van der Waals surface area contributed by atoms with Gasteiger partial charge in [0.1, 0.15) is 11.4 Å². The summed E-state index contributed by atoms with van der Waals surface area (Å²) >= 11 is 0. The van der Waals surface area contributed by atoms with Gasteiger partial charge in [-0.15, -0.1) is 0 Å². The van der Waals surface area contributed by atoms with Gasteiger partial charge in [0.2, 0.25) is 5.82 Å². The highest BCUT2D eigenvalue weighted by Gasteiger charge is 2.12. The third-order valence-corrected chi connectivity index (χ3v) is 3.80. The zero-order valence-electron chi connectivity index (χ0n) is 14.4. The average Bonchev–Trinajstić information content (AvgIpc) is 3.34. The number of hydrogen-bond donors (Lipinski definition) is 3. The fourth-order valence-electron chi connectivity index (χ4n) is 2.56. The van der Waals surface area contributed by atoms with Crippen LogP contribution in [0.5, 0.6) is 5.75 Å². The van der Waals surface area contributed by atoms with Crippen LogP contribution >= 0.6 is 0 Å². The van der Waals surface area contributed by atoms with Crippen molar-refractivity contribution in [2.24, 2.45) is 0 Å². The Morgan fingerprint density at radius 3 is 2.89 bits per heavy atom. The predicted octanol–water partition coefficient (Wildman–Crippen LogP) is 2.77. The number of benzene rings is 1. The van der Waals surface area contributed by atoms with Gasteiger partial charge in [-0.25, -0.2) is 5.43 Å². The van der Waals surface area contributed by atoms with Crippen LogP contribution in [0.15, 0.2) is 53.3 Å². The Labute approximate surface area is 153 Å². The Balaban J connectivity index is 1.43. The number of carbonyl (C=O) groups is 1. The molecule has 9 nitrogen and oxygen atoms in total. The molecule has 0 radical (unpaired) electrons. The van der Waals surface area contributed by atoms with Crippen LogP contribution < -0.4 is 15.6 Å². The molecule has 0 saturated carbocycles. The summed E-state index contributed by atoms with van der Waals surface area (Å²) in [6.45, 7) is 2.50. The average molecular weight is 364 g/mol. The van der Waals surface area contributed by atoms with Gasteiger partial charge < -0.3 is 14.2 Å². The van der Waals surface area contributed by atoms with E-state index < -0.39 is 0 Å². The lowest BCUT2D eigenvalue weighted by Crippen LogP contribution is -2.29. The Hall–Kier alpha value is -3.88. The first-order valence-corrected chi connectivity index (χ1v) is 8.29. The van der Waals surface area contributed by atoms with Crippen LogP contribution in [0.4, 0.5) is 6.01 Å². The maximum absolute atomic E-state index is 12.3. The molecule has 3 heterocycles. The van der Waals surface area contributed by atoms with Crippen LogP contribution in [0, 0.1) is 0 Å². The van der Waals surface area contributed by atoms with Crippen molar-refractivity contribution in [3.05, 3.63) is 54.5 Å². The summed E-state index contributed by atoms with van der Waals surface area (Å²) in [5.74, 6) is 0.766. The topological polar surface area (TPSA) is 118 Å². The SMILES string of the molecule is CCOc1ccc2cc(C(=O)NNc3nc(-c4ccncc4)no3)[nH]c2c1. The smallest absolute Gasteiger partial charge is 0.340 e. The van der Waals surface area contributed by atoms with E-state index in [1.165, 1.54) is 0 Å². The van der Waals surface area contributed by atoms with E-state index in [1.807, 2.05) is 25.1 Å². The molecule has 0 aliphatic rings. The molecule has 3 N–H and O–H groups in total. The molecule has 27 heavy (non-hydrogen) atoms. The number of carbonyl (C=O) groups excluding carboxylic acids is 1. The fraction of sp³-hybridized carbons (Fsp3) is 0.111. The van der Waals surface area contributed by atoms with Crippen LogP contribution in [-0.4, -0.2) is 32.6 Å². The molecule has 136 valence electrons. The predicted molar refractivity (Wildman–Crippen MR) is 98.1 cm³/mol. The molecule has 0 aliphatic heterocycles. The van der Waals surface area contributed by atoms with Crippen molar-refractivity contribution in [3.63, 3.8) is 0 Å². The van der Waals surface area contributed by atoms with Gasteiger partial charge in [0, 0.05) is 34.9 Å². The highest BCUT2D eigenvalue weighted by Crippen LogP contribution is 2.21. The first kappa shape index (κ1) is 16.6. The van der Waals surface area contributed by atoms with Gasteiger partial charge in [-0.1, -0.05) is 5.16 Å². The van der Waals surface area contributed by atoms with Crippen molar-refractivity contribution < 1.29 is 14.1 Å². The molecule has 0 atom stereocenters. The van der Waals surface area contributed by atoms with Gasteiger partial charge in [0.25, 0.3) is 5.91 Å². The number of hydrogen-bond acceptors (Lipinski definition) is 7. The van der Waals surface area contributed by atoms with Gasteiger partial charge >= 0.3 is 6.01 Å². The number of ether oxygens (including phenoxy) is 1. The van der Waals surface area contributed by atoms with Gasteiger partial charge in [-0.05, 0) is 37.3 Å². The summed E-state index contributed by atoms with van der Waals surface area (Å²) in [4.78, 5) is 23.5. The molecule has 1 aromatic carbocycles. The van der Waals surface area contributed by atoms with Crippen molar-refractivity contribution in [2.45, 2.75) is 6.92 Å². The number of aromatic nitrogens is 4. The maximum Gasteiger partial charge on any atom is 0.340 e. The Morgan fingerprint density at radius 1 is 1.22 bits per heavy atom. The zero-order valence-corrected chi connectivity index (χ0v) is 14.4. The highest BCUT2D eigenvalue weighted by atomic mass is 16.5. The summed E-state index contributed by atoms with van der Waals surface area (Å²) in [5.41, 5.74) is 7.09. The quantitative estimate of drug-likeness (QED) is 0.450. The van der Waals surface area contributed by atoms with E-state index in [2.05, 4.69) is 31.0 Å². The largest absolute Gasteiger partial charge is 0.494 e. The monoisotopic (exact) mass is 364 g/mol. The van der Waals surface area contributed by atoms with Gasteiger partial charge in [-0.2, -0.15) is 4.98 Å². The lowest BCUT2D eigenvalue weighted by Gasteiger charge is -2.02. The second-order valence-corrected chi connectivity index (χ2v) is 5.60. The van der Waals surface area contributed by atoms with Crippen molar-refractivity contribution in [3.8, 4) is 17.1 Å². The van der Waals surface area contributed by atoms with E-state index in [0.29, 0.717) is 18.1 Å². The molecule has 0 spiro atoms. The molecule has 4 rings (SSSR count). The Morgan fingerprint density at radius 2 is 2.07 bits per heavy atom. The summed E-state index contributed by atoms with van der Waals surface area (Å²) in [5, 5.41) is 4.75. The van der Waals surface area contributed by atoms with Crippen LogP contribution in [0.25, 0.3) is 22.3 Å². The molecular formula is C18H16N6O3. The molecule has 0 aliphatic carbocycles. The number of anilines is 1. The van der Waals surface area contributed by atoms with Crippen molar-refractivity contribution in [1.82, 2.24) is 25.5 Å². The van der Waals surface area contributed by atoms with Crippen LogP contribution in [-0.2, 0) is 0 Å². The molecule has 9 heteroatoms. The second-order valence-electron chi connectivity index (χ2n) is 5.60. The van der Waals surface area contributed by atoms with Crippen LogP contribution in [0.1, 0.15) is 17.4 Å². The van der Waals surface area contributed by atoms with E-state index in [-0.39, 0.29) is 11.9 Å². The van der Waals surface area contributed by atoms with Crippen molar-refractivity contribution in [2.75, 3.05) is 12.0 Å². The van der Waals surface area contributed by atoms with E-state index in [9.17, 15) is 4.79 Å². The molecule has 3 aromatic heterocycles. The van der Waals surface area contributed by atoms with Crippen molar-refractivity contribution >= 4 is 22.8 Å². The number of pyridine rings is 1. The number of nitrogens with one attached hydrogen (secondary N) is 3. The lowest BCUT2D eigenvalue weighted by molar-refractivity contribution is 0.0957. The second kappa shape index (κ2) is 7.16. The zero-order chi connectivity index (χ0) is 18.6. The number of aromatic amines is 1. The van der Waals surface area contributed by atoms with E-state index >= 15 is 0 Å². The molecule has 1 amide bonds. The van der Waals surface area contributed by atoms with E-state index in [0.717, 1.165) is 22.2 Å². The molecule has 0 fully saturated rings. The van der Waals surface area contributed by atoms with Crippen LogP contribution in [0.2, 0.25) is 0 Å². The number of rotatable bonds is 6. The fourth-order valence-corrected chi connectivity index (χ4v) is 2.56. The summed E-state index contributed by atoms with van der Waals surface area (Å²) in [6.07, 6.45) is 3.26. The lowest BCUT2D eigenvalue weighted by atomic mass is 10.2. The Kier molecular flexibility index (Phi) is 4.40. The van der Waals surface area contributed by atoms with E-state index in [4.69, 9.17) is 9.26 Å². The van der Waals surface area contributed by atoms with Gasteiger partial charge in [0.15, 0.2) is 0 Å². The van der Waals surface area contributed by atoms with Gasteiger partial charge in [0.05, 0.1) is 6.61 Å². The number of H-pyrrole nitrogens is 1. The first-order valence-electron chi connectivity index (χ1n) is 8.29. The van der Waals surface area contributed by atoms with E-state index in [1.54, 1.807) is 30.6 Å². The molecule has 0 saturated heterocycles. The Bertz CT molecular complexity index is 1070. The highest BCUT2D eigenvalue weighted by molar-refractivity contribution is 5.98. The van der Waals surface area contributed by atoms with Gasteiger partial charge in [-0.3, -0.25) is 15.2 Å². The number of amides is 1. The molecular weight excluding hydrogens is 348 g/mol. The molecule has 0 bridgehead atoms. The third kappa shape index (κ3) is 3.56. The molecule has 0 unspecified atom stereocenters. The first-order chi connectivity index (χ1) is 13.2. The number of fused-ring (bicyclic) bond motifs is 1. The minimum Gasteiger partial charge on any atom is -0.494 e. The minimum absolute atomic E-state index is 0.0740. The minimum atomic E-state index is -0.368. The van der Waals surface area contributed by atoms with Crippen LogP contribution in [0.3, 0.4) is 0 Å². The maximum atomic E-state index is 12.3.